The van der Waals surface area contributed by atoms with Crippen molar-refractivity contribution in [3.05, 3.63) is 53.3 Å². The average Bonchev–Trinajstić information content (AvgIpc) is 3.08. The third-order valence-electron chi connectivity index (χ3n) is 3.52. The van der Waals surface area contributed by atoms with Crippen LogP contribution in [-0.4, -0.2) is 34.6 Å². The van der Waals surface area contributed by atoms with Crippen molar-refractivity contribution in [2.45, 2.75) is 39.0 Å². The van der Waals surface area contributed by atoms with Crippen molar-refractivity contribution in [3.63, 3.8) is 0 Å². The minimum Gasteiger partial charge on any atom is -0.370 e. The summed E-state index contributed by atoms with van der Waals surface area (Å²) < 4.78 is 56.1. The van der Waals surface area contributed by atoms with E-state index < -0.39 is 19.0 Å². The van der Waals surface area contributed by atoms with Gasteiger partial charge in [-0.2, -0.15) is 13.9 Å². The summed E-state index contributed by atoms with van der Waals surface area (Å²) in [4.78, 5) is 12.2. The van der Waals surface area contributed by atoms with Crippen LogP contribution in [0.5, 0.6) is 0 Å². The molecular weight excluding hydrogens is 354 g/mol. The minimum atomic E-state index is -4.20. The van der Waals surface area contributed by atoms with E-state index in [4.69, 9.17) is 0 Å². The largest absolute Gasteiger partial charge is 0.370 e. The van der Waals surface area contributed by atoms with Crippen molar-refractivity contribution >= 4 is 5.91 Å². The number of nitrogens with zero attached hydrogens (tertiary/aromatic N) is 2. The van der Waals surface area contributed by atoms with E-state index in [0.717, 1.165) is 6.54 Å². The molecule has 9 heteroatoms. The molecule has 5 nitrogen and oxygen atoms in total. The van der Waals surface area contributed by atoms with E-state index in [1.54, 1.807) is 35.1 Å². The molecule has 0 radical (unpaired) electrons. The summed E-state index contributed by atoms with van der Waals surface area (Å²) >= 11 is 0. The Labute approximate surface area is 148 Å². The molecule has 1 amide bonds. The second-order valence-electron chi connectivity index (χ2n) is 5.60. The molecule has 2 rings (SSSR count). The lowest BCUT2D eigenvalue weighted by molar-refractivity contribution is -0.168. The fourth-order valence-corrected chi connectivity index (χ4v) is 2.12. The Kier molecular flexibility index (Phi) is 6.73. The molecule has 0 unspecified atom stereocenters. The van der Waals surface area contributed by atoms with Gasteiger partial charge in [-0.25, -0.2) is 8.78 Å². The van der Waals surface area contributed by atoms with E-state index in [2.05, 4.69) is 15.2 Å². The van der Waals surface area contributed by atoms with Crippen LogP contribution in [0.15, 0.2) is 36.5 Å². The number of halogens is 4. The van der Waals surface area contributed by atoms with Gasteiger partial charge in [0, 0.05) is 18.3 Å². The molecule has 0 saturated carbocycles. The number of amides is 1. The zero-order valence-electron chi connectivity index (χ0n) is 14.1. The highest BCUT2D eigenvalue weighted by Crippen LogP contribution is 2.23. The molecule has 1 aromatic carbocycles. The third-order valence-corrected chi connectivity index (χ3v) is 3.52. The van der Waals surface area contributed by atoms with Crippen molar-refractivity contribution in [1.29, 1.82) is 0 Å². The summed E-state index contributed by atoms with van der Waals surface area (Å²) in [5.41, 5.74) is 1.44. The molecule has 142 valence electrons. The molecule has 0 spiro atoms. The standard InChI is InChI=1S/C17H19F4N3O2/c1-2-24-7-6-14(23-24)9-22-15(25)13-5-3-4-12(8-13)10-26-11-17(20,21)16(18)19/h3-8,16H,2,9-11H2,1H3,(H,22,25). The van der Waals surface area contributed by atoms with Crippen LogP contribution in [0.1, 0.15) is 28.5 Å². The van der Waals surface area contributed by atoms with Crippen molar-refractivity contribution in [1.82, 2.24) is 15.1 Å². The van der Waals surface area contributed by atoms with Gasteiger partial charge in [0.1, 0.15) is 6.61 Å². The van der Waals surface area contributed by atoms with Gasteiger partial charge in [0.25, 0.3) is 5.91 Å². The summed E-state index contributed by atoms with van der Waals surface area (Å²) in [5, 5.41) is 6.94. The Morgan fingerprint density at radius 2 is 2.12 bits per heavy atom. The number of carbonyl (C=O) groups is 1. The molecule has 0 atom stereocenters. The van der Waals surface area contributed by atoms with Gasteiger partial charge >= 0.3 is 12.3 Å². The van der Waals surface area contributed by atoms with Crippen LogP contribution < -0.4 is 5.32 Å². The van der Waals surface area contributed by atoms with Gasteiger partial charge < -0.3 is 10.1 Å². The maximum atomic E-state index is 12.8. The second-order valence-corrected chi connectivity index (χ2v) is 5.60. The highest BCUT2D eigenvalue weighted by Gasteiger charge is 2.40. The van der Waals surface area contributed by atoms with E-state index >= 15 is 0 Å². The Morgan fingerprint density at radius 1 is 1.35 bits per heavy atom. The first kappa shape index (κ1) is 19.9. The molecular formula is C17H19F4N3O2. The van der Waals surface area contributed by atoms with Crippen molar-refractivity contribution < 1.29 is 27.1 Å². The number of hydrogen-bond donors (Lipinski definition) is 1. The summed E-state index contributed by atoms with van der Waals surface area (Å²) in [5.74, 6) is -4.56. The van der Waals surface area contributed by atoms with Crippen molar-refractivity contribution in [2.75, 3.05) is 6.61 Å². The van der Waals surface area contributed by atoms with Crippen LogP contribution >= 0.6 is 0 Å². The van der Waals surface area contributed by atoms with Crippen LogP contribution in [0.2, 0.25) is 0 Å². The molecule has 0 saturated heterocycles. The van der Waals surface area contributed by atoms with Crippen molar-refractivity contribution in [2.24, 2.45) is 0 Å². The molecule has 0 bridgehead atoms. The number of benzene rings is 1. The lowest BCUT2D eigenvalue weighted by Gasteiger charge is -2.15. The zero-order valence-corrected chi connectivity index (χ0v) is 14.1. The van der Waals surface area contributed by atoms with Gasteiger partial charge in [-0.15, -0.1) is 0 Å². The maximum absolute atomic E-state index is 12.8. The maximum Gasteiger partial charge on any atom is 0.330 e. The second kappa shape index (κ2) is 8.79. The van der Waals surface area contributed by atoms with Gasteiger partial charge in [-0.3, -0.25) is 9.48 Å². The summed E-state index contributed by atoms with van der Waals surface area (Å²) in [7, 11) is 0. The normalized spacial score (nSPS) is 11.8. The first-order valence-corrected chi connectivity index (χ1v) is 7.95. The summed E-state index contributed by atoms with van der Waals surface area (Å²) in [6.07, 6.45) is -1.98. The van der Waals surface area contributed by atoms with Crippen LogP contribution in [0, 0.1) is 0 Å². The molecule has 0 aliphatic heterocycles. The highest BCUT2D eigenvalue weighted by molar-refractivity contribution is 5.94. The number of aromatic nitrogens is 2. The van der Waals surface area contributed by atoms with Crippen LogP contribution in [0.3, 0.4) is 0 Å². The molecule has 1 heterocycles. The molecule has 2 aromatic rings. The predicted octanol–water partition coefficient (Wildman–Crippen LogP) is 3.25. The SMILES string of the molecule is CCn1ccc(CNC(=O)c2cccc(COCC(F)(F)C(F)F)c2)n1. The van der Waals surface area contributed by atoms with Gasteiger partial charge in [0.05, 0.1) is 18.8 Å². The van der Waals surface area contributed by atoms with Gasteiger partial charge in [-0.05, 0) is 30.7 Å². The molecule has 1 N–H and O–H groups in total. The molecule has 0 aliphatic rings. The smallest absolute Gasteiger partial charge is 0.330 e. The van der Waals surface area contributed by atoms with E-state index in [1.807, 2.05) is 6.92 Å². The Morgan fingerprint density at radius 3 is 2.77 bits per heavy atom. The molecule has 0 fully saturated rings. The summed E-state index contributed by atoms with van der Waals surface area (Å²) in [6, 6.07) is 7.92. The fraction of sp³-hybridized carbons (Fsp3) is 0.412. The van der Waals surface area contributed by atoms with E-state index in [-0.39, 0.29) is 19.1 Å². The minimum absolute atomic E-state index is 0.243. The van der Waals surface area contributed by atoms with Crippen LogP contribution in [-0.2, 0) is 24.4 Å². The third kappa shape index (κ3) is 5.55. The number of nitrogens with one attached hydrogen (secondary N) is 1. The van der Waals surface area contributed by atoms with Gasteiger partial charge in [0.2, 0.25) is 0 Å². The molecule has 0 aliphatic carbocycles. The first-order chi connectivity index (χ1) is 12.3. The van der Waals surface area contributed by atoms with Gasteiger partial charge in [0.15, 0.2) is 0 Å². The van der Waals surface area contributed by atoms with E-state index in [1.165, 1.54) is 6.07 Å². The first-order valence-electron chi connectivity index (χ1n) is 7.95. The lowest BCUT2D eigenvalue weighted by atomic mass is 10.1. The van der Waals surface area contributed by atoms with Gasteiger partial charge in [-0.1, -0.05) is 12.1 Å². The van der Waals surface area contributed by atoms with Crippen LogP contribution in [0.4, 0.5) is 17.6 Å². The Hall–Kier alpha value is -2.42. The Bertz CT molecular complexity index is 734. The fourth-order valence-electron chi connectivity index (χ4n) is 2.12. The lowest BCUT2D eigenvalue weighted by Crippen LogP contribution is -2.32. The topological polar surface area (TPSA) is 56.2 Å². The van der Waals surface area contributed by atoms with Crippen LogP contribution in [0.25, 0.3) is 0 Å². The number of aryl methyl sites for hydroxylation is 1. The molecule has 26 heavy (non-hydrogen) atoms. The highest BCUT2D eigenvalue weighted by atomic mass is 19.3. The average molecular weight is 373 g/mol. The zero-order chi connectivity index (χ0) is 19.2. The monoisotopic (exact) mass is 373 g/mol. The number of ether oxygens (including phenoxy) is 1. The quantitative estimate of drug-likeness (QED) is 0.687. The number of hydrogen-bond acceptors (Lipinski definition) is 3. The number of carbonyl (C=O) groups excluding carboxylic acids is 1. The van der Waals surface area contributed by atoms with Crippen molar-refractivity contribution in [3.8, 4) is 0 Å². The number of alkyl halides is 4. The predicted molar refractivity (Wildman–Crippen MR) is 86.1 cm³/mol. The summed E-state index contributed by atoms with van der Waals surface area (Å²) in [6.45, 7) is 1.22. The van der Waals surface area contributed by atoms with E-state index in [0.29, 0.717) is 16.8 Å². The molecule has 1 aromatic heterocycles. The van der Waals surface area contributed by atoms with E-state index in [9.17, 15) is 22.4 Å². The Balaban J connectivity index is 1.88. The number of rotatable bonds is 9.